The lowest BCUT2D eigenvalue weighted by Crippen LogP contribution is -2.19. The fraction of sp³-hybridized carbons (Fsp3) is 0.353. The molecule has 0 unspecified atom stereocenters. The Hall–Kier alpha value is -1.45. The van der Waals surface area contributed by atoms with Crippen LogP contribution in [0.15, 0.2) is 41.1 Å². The van der Waals surface area contributed by atoms with Crippen LogP contribution in [0.25, 0.3) is 11.1 Å². The molecule has 2 aromatic rings. The molecule has 0 aliphatic rings. The number of rotatable bonds is 6. The third-order valence-corrected chi connectivity index (χ3v) is 4.27. The van der Waals surface area contributed by atoms with Gasteiger partial charge >= 0.3 is 0 Å². The van der Waals surface area contributed by atoms with Gasteiger partial charge in [0.1, 0.15) is 5.78 Å². The number of benzene rings is 1. The second kappa shape index (κ2) is 6.82. The predicted octanol–water partition coefficient (Wildman–Crippen LogP) is 4.07. The fourth-order valence-corrected chi connectivity index (χ4v) is 2.88. The van der Waals surface area contributed by atoms with Crippen molar-refractivity contribution in [2.45, 2.75) is 26.2 Å². The maximum Gasteiger partial charge on any atom is 0.136 e. The van der Waals surface area contributed by atoms with Crippen LogP contribution in [0.1, 0.15) is 31.7 Å². The number of Topliss-reactive ketones (excluding diaryl/α,β-unsaturated/α-hetero) is 1. The summed E-state index contributed by atoms with van der Waals surface area (Å²) >= 11 is 1.69. The Bertz CT molecular complexity index is 560. The van der Waals surface area contributed by atoms with Gasteiger partial charge in [0.05, 0.1) is 0 Å². The third-order valence-electron chi connectivity index (χ3n) is 3.59. The normalized spacial score (nSPS) is 12.6. The molecule has 0 aliphatic heterocycles. The first-order valence-electron chi connectivity index (χ1n) is 6.97. The van der Waals surface area contributed by atoms with E-state index in [0.29, 0.717) is 13.0 Å². The summed E-state index contributed by atoms with van der Waals surface area (Å²) in [5.74, 6) is 0.467. The van der Waals surface area contributed by atoms with E-state index in [0.717, 1.165) is 5.56 Å². The molecule has 1 heterocycles. The van der Waals surface area contributed by atoms with Crippen LogP contribution in [0.3, 0.4) is 0 Å². The Morgan fingerprint density at radius 1 is 1.25 bits per heavy atom. The van der Waals surface area contributed by atoms with Gasteiger partial charge in [-0.05, 0) is 40.1 Å². The summed E-state index contributed by atoms with van der Waals surface area (Å²) in [5, 5.41) is 4.21. The summed E-state index contributed by atoms with van der Waals surface area (Å²) in [4.78, 5) is 11.9. The molecule has 3 heteroatoms. The second-order valence-electron chi connectivity index (χ2n) is 5.40. The van der Waals surface area contributed by atoms with Crippen LogP contribution in [0, 0.1) is 5.92 Å². The Kier molecular flexibility index (Phi) is 5.10. The van der Waals surface area contributed by atoms with Gasteiger partial charge in [-0.15, -0.1) is 0 Å². The Balaban J connectivity index is 2.22. The number of hydrogen-bond donors (Lipinski definition) is 1. The largest absolute Gasteiger partial charge is 0.330 e. The van der Waals surface area contributed by atoms with E-state index in [-0.39, 0.29) is 17.6 Å². The maximum absolute atomic E-state index is 11.9. The molecule has 0 amide bonds. The molecule has 1 atom stereocenters. The molecule has 106 valence electrons. The van der Waals surface area contributed by atoms with Gasteiger partial charge in [-0.25, -0.2) is 0 Å². The van der Waals surface area contributed by atoms with Crippen molar-refractivity contribution >= 4 is 17.1 Å². The monoisotopic (exact) mass is 287 g/mol. The molecule has 2 nitrogen and oxygen atoms in total. The molecule has 0 saturated carbocycles. The third kappa shape index (κ3) is 3.56. The Morgan fingerprint density at radius 3 is 2.65 bits per heavy atom. The van der Waals surface area contributed by atoms with Crippen LogP contribution in [-0.2, 0) is 4.79 Å². The van der Waals surface area contributed by atoms with Crippen molar-refractivity contribution in [3.63, 3.8) is 0 Å². The molecule has 0 saturated heterocycles. The summed E-state index contributed by atoms with van der Waals surface area (Å²) < 4.78 is 0. The first kappa shape index (κ1) is 14.9. The number of nitrogens with two attached hydrogens (primary N) is 1. The van der Waals surface area contributed by atoms with Crippen molar-refractivity contribution in [2.24, 2.45) is 11.7 Å². The zero-order valence-corrected chi connectivity index (χ0v) is 12.8. The van der Waals surface area contributed by atoms with Gasteiger partial charge in [-0.2, -0.15) is 11.3 Å². The van der Waals surface area contributed by atoms with Crippen molar-refractivity contribution in [3.8, 4) is 11.1 Å². The van der Waals surface area contributed by atoms with E-state index in [2.05, 4.69) is 35.0 Å². The lowest BCUT2D eigenvalue weighted by molar-refractivity contribution is -0.122. The summed E-state index contributed by atoms with van der Waals surface area (Å²) in [6, 6.07) is 10.5. The lowest BCUT2D eigenvalue weighted by atomic mass is 9.89. The SMILES string of the molecule is CC(C)C(=O)C[C@@H](CN)c1cccc(-c2ccsc2)c1. The molecule has 1 aromatic carbocycles. The number of thiophene rings is 1. The van der Waals surface area contributed by atoms with Gasteiger partial charge in [0.25, 0.3) is 0 Å². The molecular weight excluding hydrogens is 266 g/mol. The number of carbonyl (C=O) groups excluding carboxylic acids is 1. The molecule has 2 N–H and O–H groups in total. The summed E-state index contributed by atoms with van der Waals surface area (Å²) in [6.07, 6.45) is 0.529. The molecule has 0 fully saturated rings. The smallest absolute Gasteiger partial charge is 0.136 e. The molecule has 0 bridgehead atoms. The molecule has 0 aliphatic carbocycles. The van der Waals surface area contributed by atoms with Crippen LogP contribution >= 0.6 is 11.3 Å². The summed E-state index contributed by atoms with van der Waals surface area (Å²) in [6.45, 7) is 4.39. The van der Waals surface area contributed by atoms with Gasteiger partial charge in [0.15, 0.2) is 0 Å². The van der Waals surface area contributed by atoms with E-state index < -0.39 is 0 Å². The van der Waals surface area contributed by atoms with E-state index in [1.54, 1.807) is 11.3 Å². The molecule has 20 heavy (non-hydrogen) atoms. The summed E-state index contributed by atoms with van der Waals surface area (Å²) in [5.41, 5.74) is 9.45. The number of carbonyl (C=O) groups is 1. The fourth-order valence-electron chi connectivity index (χ4n) is 2.22. The highest BCUT2D eigenvalue weighted by Crippen LogP contribution is 2.27. The van der Waals surface area contributed by atoms with Gasteiger partial charge in [0.2, 0.25) is 0 Å². The number of hydrogen-bond acceptors (Lipinski definition) is 3. The van der Waals surface area contributed by atoms with E-state index >= 15 is 0 Å². The van der Waals surface area contributed by atoms with Crippen LogP contribution in [-0.4, -0.2) is 12.3 Å². The van der Waals surface area contributed by atoms with Gasteiger partial charge in [0, 0.05) is 18.3 Å². The standard InChI is InChI=1S/C17H21NOS/c1-12(2)17(19)9-16(10-18)14-5-3-4-13(8-14)15-6-7-20-11-15/h3-8,11-12,16H,9-10,18H2,1-2H3/t16-/m0/s1. The van der Waals surface area contributed by atoms with Crippen LogP contribution in [0.2, 0.25) is 0 Å². The molecule has 0 radical (unpaired) electrons. The average Bonchev–Trinajstić information content (AvgIpc) is 2.98. The minimum absolute atomic E-state index is 0.0732. The van der Waals surface area contributed by atoms with E-state index in [1.807, 2.05) is 19.9 Å². The Labute approximate surface area is 124 Å². The van der Waals surface area contributed by atoms with Crippen molar-refractivity contribution in [2.75, 3.05) is 6.54 Å². The van der Waals surface area contributed by atoms with E-state index in [4.69, 9.17) is 5.73 Å². The Morgan fingerprint density at radius 2 is 2.05 bits per heavy atom. The van der Waals surface area contributed by atoms with Crippen molar-refractivity contribution in [1.29, 1.82) is 0 Å². The molecule has 1 aromatic heterocycles. The highest BCUT2D eigenvalue weighted by Gasteiger charge is 2.17. The minimum atomic E-state index is 0.0732. The second-order valence-corrected chi connectivity index (χ2v) is 6.18. The highest BCUT2D eigenvalue weighted by atomic mass is 32.1. The minimum Gasteiger partial charge on any atom is -0.330 e. The first-order chi connectivity index (χ1) is 9.61. The van der Waals surface area contributed by atoms with Gasteiger partial charge in [-0.1, -0.05) is 38.1 Å². The quantitative estimate of drug-likeness (QED) is 0.870. The molecule has 0 spiro atoms. The van der Waals surface area contributed by atoms with Crippen LogP contribution < -0.4 is 5.73 Å². The number of ketones is 1. The van der Waals surface area contributed by atoms with Crippen molar-refractivity contribution in [1.82, 2.24) is 0 Å². The van der Waals surface area contributed by atoms with E-state index in [9.17, 15) is 4.79 Å². The first-order valence-corrected chi connectivity index (χ1v) is 7.91. The van der Waals surface area contributed by atoms with Gasteiger partial charge < -0.3 is 5.73 Å². The van der Waals surface area contributed by atoms with Crippen molar-refractivity contribution < 1.29 is 4.79 Å². The zero-order valence-electron chi connectivity index (χ0n) is 12.0. The zero-order chi connectivity index (χ0) is 14.5. The van der Waals surface area contributed by atoms with Gasteiger partial charge in [-0.3, -0.25) is 4.79 Å². The summed E-state index contributed by atoms with van der Waals surface area (Å²) in [7, 11) is 0. The molecule has 2 rings (SSSR count). The van der Waals surface area contributed by atoms with Crippen molar-refractivity contribution in [3.05, 3.63) is 46.7 Å². The highest BCUT2D eigenvalue weighted by molar-refractivity contribution is 7.08. The lowest BCUT2D eigenvalue weighted by Gasteiger charge is -2.16. The average molecular weight is 287 g/mol. The maximum atomic E-state index is 11.9. The van der Waals surface area contributed by atoms with Crippen LogP contribution in [0.5, 0.6) is 0 Å². The van der Waals surface area contributed by atoms with E-state index in [1.165, 1.54) is 11.1 Å². The van der Waals surface area contributed by atoms with Crippen LogP contribution in [0.4, 0.5) is 0 Å². The topological polar surface area (TPSA) is 43.1 Å². The predicted molar refractivity (Wildman–Crippen MR) is 86.0 cm³/mol. The molecular formula is C17H21NOS.